The van der Waals surface area contributed by atoms with Crippen LogP contribution in [0.4, 0.5) is 0 Å². The fourth-order valence-electron chi connectivity index (χ4n) is 2.49. The minimum absolute atomic E-state index is 0.189. The molecule has 1 unspecified atom stereocenters. The summed E-state index contributed by atoms with van der Waals surface area (Å²) in [6, 6.07) is 8.74. The van der Waals surface area contributed by atoms with Crippen LogP contribution in [0.1, 0.15) is 44.2 Å². The maximum absolute atomic E-state index is 12.3. The number of methoxy groups -OCH3 is 1. The Morgan fingerprint density at radius 2 is 1.95 bits per heavy atom. The highest BCUT2D eigenvalue weighted by molar-refractivity contribution is 5.82. The van der Waals surface area contributed by atoms with Gasteiger partial charge < -0.3 is 4.74 Å². The quantitative estimate of drug-likeness (QED) is 0.800. The van der Waals surface area contributed by atoms with E-state index in [9.17, 15) is 4.79 Å². The number of ether oxygens (including phenoxy) is 1. The van der Waals surface area contributed by atoms with Crippen molar-refractivity contribution < 1.29 is 9.53 Å². The SMILES string of the molecule is CCc1ccc(C(CC)(NC2CC2)C(=O)OC)cc1. The van der Waals surface area contributed by atoms with Gasteiger partial charge in [-0.05, 0) is 36.8 Å². The Morgan fingerprint density at radius 1 is 1.32 bits per heavy atom. The Morgan fingerprint density at radius 3 is 2.37 bits per heavy atom. The van der Waals surface area contributed by atoms with Crippen molar-refractivity contribution in [3.8, 4) is 0 Å². The average Bonchev–Trinajstić information content (AvgIpc) is 3.28. The molecule has 0 spiro atoms. The number of carbonyl (C=O) groups is 1. The van der Waals surface area contributed by atoms with E-state index in [0.717, 1.165) is 24.8 Å². The summed E-state index contributed by atoms with van der Waals surface area (Å²) >= 11 is 0. The Hall–Kier alpha value is -1.35. The zero-order valence-electron chi connectivity index (χ0n) is 12.0. The Balaban J connectivity index is 2.35. The molecular weight excluding hydrogens is 238 g/mol. The third-order valence-electron chi connectivity index (χ3n) is 3.95. The molecular formula is C16H23NO2. The molecule has 0 amide bonds. The van der Waals surface area contributed by atoms with Crippen LogP contribution < -0.4 is 5.32 Å². The molecule has 1 aliphatic carbocycles. The molecule has 0 saturated heterocycles. The van der Waals surface area contributed by atoms with Gasteiger partial charge in [-0.1, -0.05) is 38.1 Å². The van der Waals surface area contributed by atoms with Crippen molar-refractivity contribution in [2.24, 2.45) is 0 Å². The van der Waals surface area contributed by atoms with Gasteiger partial charge in [0, 0.05) is 6.04 Å². The lowest BCUT2D eigenvalue weighted by atomic mass is 9.86. The van der Waals surface area contributed by atoms with E-state index in [1.165, 1.54) is 12.7 Å². The van der Waals surface area contributed by atoms with Crippen molar-refractivity contribution in [3.05, 3.63) is 35.4 Å². The molecule has 3 heteroatoms. The maximum atomic E-state index is 12.3. The molecule has 1 N–H and O–H groups in total. The van der Waals surface area contributed by atoms with Gasteiger partial charge in [0.05, 0.1) is 7.11 Å². The highest BCUT2D eigenvalue weighted by Gasteiger charge is 2.43. The third kappa shape index (κ3) is 2.81. The Kier molecular flexibility index (Phi) is 4.25. The summed E-state index contributed by atoms with van der Waals surface area (Å²) in [5, 5.41) is 3.48. The third-order valence-corrected chi connectivity index (χ3v) is 3.95. The predicted octanol–water partition coefficient (Wildman–Crippen LogP) is 2.78. The van der Waals surface area contributed by atoms with Gasteiger partial charge in [-0.2, -0.15) is 0 Å². The molecule has 1 saturated carbocycles. The summed E-state index contributed by atoms with van der Waals surface area (Å²) in [4.78, 5) is 12.3. The number of nitrogens with one attached hydrogen (secondary N) is 1. The lowest BCUT2D eigenvalue weighted by molar-refractivity contribution is -0.149. The number of esters is 1. The first-order valence-electron chi connectivity index (χ1n) is 7.11. The van der Waals surface area contributed by atoms with E-state index in [1.54, 1.807) is 0 Å². The minimum atomic E-state index is -0.692. The fraction of sp³-hybridized carbons (Fsp3) is 0.562. The minimum Gasteiger partial charge on any atom is -0.467 e. The first-order valence-corrected chi connectivity index (χ1v) is 7.11. The van der Waals surface area contributed by atoms with E-state index in [4.69, 9.17) is 4.74 Å². The highest BCUT2D eigenvalue weighted by Crippen LogP contribution is 2.32. The number of hydrogen-bond acceptors (Lipinski definition) is 3. The van der Waals surface area contributed by atoms with Crippen LogP contribution in [0.2, 0.25) is 0 Å². The summed E-state index contributed by atoms with van der Waals surface area (Å²) in [6.45, 7) is 4.16. The second-order valence-corrected chi connectivity index (χ2v) is 5.22. The molecule has 1 aromatic rings. The number of benzene rings is 1. The first-order chi connectivity index (χ1) is 9.16. The lowest BCUT2D eigenvalue weighted by Crippen LogP contribution is -2.50. The predicted molar refractivity (Wildman–Crippen MR) is 76.0 cm³/mol. The molecule has 3 nitrogen and oxygen atoms in total. The van der Waals surface area contributed by atoms with Crippen molar-refractivity contribution >= 4 is 5.97 Å². The number of hydrogen-bond donors (Lipinski definition) is 1. The monoisotopic (exact) mass is 261 g/mol. The second-order valence-electron chi connectivity index (χ2n) is 5.22. The zero-order chi connectivity index (χ0) is 13.9. The van der Waals surface area contributed by atoms with Crippen molar-refractivity contribution in [3.63, 3.8) is 0 Å². The van der Waals surface area contributed by atoms with E-state index in [1.807, 2.05) is 6.92 Å². The molecule has 2 rings (SSSR count). The molecule has 104 valence electrons. The summed E-state index contributed by atoms with van der Waals surface area (Å²) in [7, 11) is 1.46. The van der Waals surface area contributed by atoms with Gasteiger partial charge in [-0.25, -0.2) is 4.79 Å². The van der Waals surface area contributed by atoms with Gasteiger partial charge in [0.1, 0.15) is 5.54 Å². The summed E-state index contributed by atoms with van der Waals surface area (Å²) < 4.78 is 5.04. The van der Waals surface area contributed by atoms with Crippen LogP contribution in [-0.4, -0.2) is 19.1 Å². The molecule has 19 heavy (non-hydrogen) atoms. The molecule has 1 aromatic carbocycles. The Labute approximate surface area is 115 Å². The van der Waals surface area contributed by atoms with Crippen molar-refractivity contribution in [1.82, 2.24) is 5.32 Å². The fourth-order valence-corrected chi connectivity index (χ4v) is 2.49. The standard InChI is InChI=1S/C16H23NO2/c1-4-12-6-8-13(9-7-12)16(5-2,15(18)19-3)17-14-10-11-14/h6-9,14,17H,4-5,10-11H2,1-3H3. The van der Waals surface area contributed by atoms with Crippen LogP contribution in [0.3, 0.4) is 0 Å². The molecule has 1 fully saturated rings. The van der Waals surface area contributed by atoms with Crippen LogP contribution >= 0.6 is 0 Å². The molecule has 1 aliphatic rings. The largest absolute Gasteiger partial charge is 0.467 e. The zero-order valence-corrected chi connectivity index (χ0v) is 12.0. The first kappa shape index (κ1) is 14.1. The average molecular weight is 261 g/mol. The number of carbonyl (C=O) groups excluding carboxylic acids is 1. The Bertz CT molecular complexity index is 437. The van der Waals surface area contributed by atoms with Crippen molar-refractivity contribution in [1.29, 1.82) is 0 Å². The normalized spacial score (nSPS) is 17.8. The lowest BCUT2D eigenvalue weighted by Gasteiger charge is -2.32. The molecule has 0 heterocycles. The van der Waals surface area contributed by atoms with Gasteiger partial charge in [0.2, 0.25) is 0 Å². The molecule has 1 atom stereocenters. The molecule has 0 bridgehead atoms. The van der Waals surface area contributed by atoms with Gasteiger partial charge in [-0.15, -0.1) is 0 Å². The van der Waals surface area contributed by atoms with E-state index in [0.29, 0.717) is 12.5 Å². The topological polar surface area (TPSA) is 38.3 Å². The van der Waals surface area contributed by atoms with Gasteiger partial charge in [-0.3, -0.25) is 5.32 Å². The van der Waals surface area contributed by atoms with Gasteiger partial charge in [0.25, 0.3) is 0 Å². The van der Waals surface area contributed by atoms with Crippen LogP contribution in [0, 0.1) is 0 Å². The van der Waals surface area contributed by atoms with Crippen molar-refractivity contribution in [2.75, 3.05) is 7.11 Å². The van der Waals surface area contributed by atoms with E-state index >= 15 is 0 Å². The van der Waals surface area contributed by atoms with Gasteiger partial charge >= 0.3 is 5.97 Å². The molecule has 0 aromatic heterocycles. The molecule has 0 aliphatic heterocycles. The number of aryl methyl sites for hydroxylation is 1. The maximum Gasteiger partial charge on any atom is 0.330 e. The summed E-state index contributed by atoms with van der Waals surface area (Å²) in [5.41, 5.74) is 1.60. The highest BCUT2D eigenvalue weighted by atomic mass is 16.5. The van der Waals surface area contributed by atoms with Crippen LogP contribution in [0.25, 0.3) is 0 Å². The van der Waals surface area contributed by atoms with Crippen LogP contribution in [-0.2, 0) is 21.5 Å². The summed E-state index contributed by atoms with van der Waals surface area (Å²) in [5.74, 6) is -0.189. The smallest absolute Gasteiger partial charge is 0.330 e. The second kappa shape index (κ2) is 5.74. The molecule has 0 radical (unpaired) electrons. The van der Waals surface area contributed by atoms with Gasteiger partial charge in [0.15, 0.2) is 0 Å². The van der Waals surface area contributed by atoms with Crippen molar-refractivity contribution in [2.45, 2.75) is 51.1 Å². The van der Waals surface area contributed by atoms with Crippen LogP contribution in [0.5, 0.6) is 0 Å². The van der Waals surface area contributed by atoms with E-state index in [-0.39, 0.29) is 5.97 Å². The number of rotatable bonds is 6. The van der Waals surface area contributed by atoms with E-state index < -0.39 is 5.54 Å². The summed E-state index contributed by atoms with van der Waals surface area (Å²) in [6.07, 6.45) is 3.99. The van der Waals surface area contributed by atoms with Crippen LogP contribution in [0.15, 0.2) is 24.3 Å². The van der Waals surface area contributed by atoms with E-state index in [2.05, 4.69) is 36.5 Å².